The Morgan fingerprint density at radius 1 is 1.34 bits per heavy atom. The summed E-state index contributed by atoms with van der Waals surface area (Å²) in [6, 6.07) is 6.28. The van der Waals surface area contributed by atoms with Crippen molar-refractivity contribution in [2.24, 2.45) is 4.99 Å². The van der Waals surface area contributed by atoms with Crippen LogP contribution in [-0.2, 0) is 14.0 Å². The van der Waals surface area contributed by atoms with E-state index in [9.17, 15) is 5.11 Å². The first-order valence-corrected chi connectivity index (χ1v) is 12.1. The number of aliphatic imine (C=N–C) groups is 1. The zero-order valence-corrected chi connectivity index (χ0v) is 21.5. The highest BCUT2D eigenvalue weighted by Crippen LogP contribution is 2.35. The summed E-state index contributed by atoms with van der Waals surface area (Å²) in [6.07, 6.45) is 4.94. The number of fused-ring (bicyclic) bond motifs is 1. The van der Waals surface area contributed by atoms with E-state index in [2.05, 4.69) is 48.6 Å². The smallest absolute Gasteiger partial charge is 0.396 e. The van der Waals surface area contributed by atoms with E-state index in [-0.39, 0.29) is 37.9 Å². The highest BCUT2D eigenvalue weighted by Gasteiger charge is 2.43. The van der Waals surface area contributed by atoms with E-state index in [4.69, 9.17) is 19.3 Å². The van der Waals surface area contributed by atoms with Gasteiger partial charge >= 0.3 is 7.25 Å². The van der Waals surface area contributed by atoms with Gasteiger partial charge in [-0.05, 0) is 24.2 Å². The molecule has 0 saturated carbocycles. The van der Waals surface area contributed by atoms with Gasteiger partial charge < -0.3 is 28.6 Å². The van der Waals surface area contributed by atoms with Crippen LogP contribution in [0.2, 0.25) is 0 Å². The molecule has 35 heavy (non-hydrogen) atoms. The summed E-state index contributed by atoms with van der Waals surface area (Å²) in [5, 5.41) is 19.9. The Hall–Kier alpha value is -2.49. The van der Waals surface area contributed by atoms with Gasteiger partial charge in [-0.3, -0.25) is 4.81 Å². The first-order valence-electron chi connectivity index (χ1n) is 12.1. The van der Waals surface area contributed by atoms with E-state index in [1.165, 1.54) is 0 Å². The molecule has 0 bridgehead atoms. The molecule has 0 radical (unpaired) electrons. The van der Waals surface area contributed by atoms with E-state index < -0.39 is 19.5 Å². The van der Waals surface area contributed by atoms with E-state index in [1.54, 1.807) is 12.5 Å². The van der Waals surface area contributed by atoms with E-state index >= 15 is 0 Å². The van der Waals surface area contributed by atoms with Crippen LogP contribution in [0.4, 0.5) is 5.69 Å². The number of rotatable bonds is 12. The quantitative estimate of drug-likeness (QED) is 0.212. The molecule has 1 aliphatic rings. The number of hydrogen-bond donors (Lipinski definition) is 1. The zero-order chi connectivity index (χ0) is 25.5. The number of aliphatic hydroxyl groups is 1. The average molecular weight is 484 g/mol. The lowest BCUT2D eigenvalue weighted by molar-refractivity contribution is -0.0463. The topological polar surface area (TPSA) is 108 Å². The van der Waals surface area contributed by atoms with Crippen molar-refractivity contribution in [2.75, 3.05) is 27.3 Å². The second-order valence-electron chi connectivity index (χ2n) is 9.44. The van der Waals surface area contributed by atoms with Gasteiger partial charge in [0.25, 0.3) is 0 Å². The molecule has 190 valence electrons. The summed E-state index contributed by atoms with van der Waals surface area (Å²) in [5.41, 5.74) is 1.58. The van der Waals surface area contributed by atoms with Crippen molar-refractivity contribution in [1.82, 2.24) is 19.3 Å². The van der Waals surface area contributed by atoms with Crippen LogP contribution in [0.15, 0.2) is 29.5 Å². The largest absolute Gasteiger partial charge is 0.558 e. The minimum atomic E-state index is -0.656. The molecule has 1 aliphatic heterocycles. The average Bonchev–Trinajstić information content (AvgIpc) is 3.41. The number of ether oxygens (including phenoxy) is 1. The van der Waals surface area contributed by atoms with Gasteiger partial charge in [-0.25, -0.2) is 9.98 Å². The molecular weight excluding hydrogens is 447 g/mol. The monoisotopic (exact) mass is 484 g/mol. The second-order valence-corrected chi connectivity index (χ2v) is 9.44. The van der Waals surface area contributed by atoms with Crippen molar-refractivity contribution in [2.45, 2.75) is 71.1 Å². The maximum Gasteiger partial charge on any atom is 0.558 e. The molecule has 0 spiro atoms. The zero-order valence-electron chi connectivity index (χ0n) is 21.5. The normalized spacial score (nSPS) is 20.5. The predicted octanol–water partition coefficient (Wildman–Crippen LogP) is 2.96. The SMILES string of the molecule is CC(C)N(B(OCCC#N)O[C@H]1CC(n2ccc3c(N=CN(C)C)ccnc32)OC1CO)C(C)C. The van der Waals surface area contributed by atoms with Gasteiger partial charge in [-0.1, -0.05) is 27.7 Å². The molecule has 0 amide bonds. The minimum Gasteiger partial charge on any atom is -0.396 e. The molecule has 0 aromatic carbocycles. The summed E-state index contributed by atoms with van der Waals surface area (Å²) < 4.78 is 20.6. The van der Waals surface area contributed by atoms with Gasteiger partial charge in [0.15, 0.2) is 0 Å². The lowest BCUT2D eigenvalue weighted by atomic mass is 9.96. The fraction of sp³-hybridized carbons (Fsp3) is 0.625. The van der Waals surface area contributed by atoms with Gasteiger partial charge in [0.2, 0.25) is 0 Å². The molecule has 1 fully saturated rings. The van der Waals surface area contributed by atoms with Crippen LogP contribution in [0.5, 0.6) is 0 Å². The Balaban J connectivity index is 1.83. The third-order valence-corrected chi connectivity index (χ3v) is 5.89. The second kappa shape index (κ2) is 12.5. The van der Waals surface area contributed by atoms with Gasteiger partial charge in [0.1, 0.15) is 18.0 Å². The Labute approximate surface area is 208 Å². The van der Waals surface area contributed by atoms with Crippen molar-refractivity contribution in [3.8, 4) is 6.07 Å². The van der Waals surface area contributed by atoms with Crippen LogP contribution in [0.25, 0.3) is 11.0 Å². The Kier molecular flexibility index (Phi) is 9.66. The molecule has 0 aliphatic carbocycles. The van der Waals surface area contributed by atoms with Gasteiger partial charge in [0.05, 0.1) is 37.2 Å². The number of pyridine rings is 1. The molecule has 3 heterocycles. The predicted molar refractivity (Wildman–Crippen MR) is 136 cm³/mol. The standard InChI is InChI=1S/C24H37BN6O4/c1-17(2)31(18(3)4)25(33-13-7-10-26)35-21-14-23(34-22(21)15-32)30-12-9-19-20(28-16-29(5)6)8-11-27-24(19)30/h8-9,11-12,16-18,21-23,32H,7,13-15H2,1-6H3/t21-,22?,23?/m0/s1. The molecule has 2 unspecified atom stereocenters. The first kappa shape index (κ1) is 27.1. The van der Waals surface area contributed by atoms with E-state index in [0.717, 1.165) is 16.7 Å². The van der Waals surface area contributed by atoms with Crippen molar-refractivity contribution in [3.63, 3.8) is 0 Å². The van der Waals surface area contributed by atoms with Crippen molar-refractivity contribution >= 4 is 30.3 Å². The van der Waals surface area contributed by atoms with Gasteiger partial charge in [-0.2, -0.15) is 5.26 Å². The van der Waals surface area contributed by atoms with Crippen molar-refractivity contribution in [1.29, 1.82) is 5.26 Å². The molecule has 2 aromatic rings. The molecule has 1 saturated heterocycles. The molecule has 3 rings (SSSR count). The van der Waals surface area contributed by atoms with Crippen LogP contribution >= 0.6 is 0 Å². The van der Waals surface area contributed by atoms with Crippen LogP contribution in [-0.4, -0.2) is 89.6 Å². The van der Waals surface area contributed by atoms with Crippen LogP contribution in [0.3, 0.4) is 0 Å². The number of nitrogens with zero attached hydrogens (tertiary/aromatic N) is 6. The molecule has 3 atom stereocenters. The lowest BCUT2D eigenvalue weighted by Gasteiger charge is -2.35. The fourth-order valence-electron chi connectivity index (χ4n) is 4.38. The van der Waals surface area contributed by atoms with Gasteiger partial charge in [0, 0.05) is 44.9 Å². The maximum atomic E-state index is 10.1. The molecule has 10 nitrogen and oxygen atoms in total. The Morgan fingerprint density at radius 3 is 2.71 bits per heavy atom. The third-order valence-electron chi connectivity index (χ3n) is 5.89. The molecule has 11 heteroatoms. The number of nitriles is 1. The molecular formula is C24H37BN6O4. The summed E-state index contributed by atoms with van der Waals surface area (Å²) in [5.74, 6) is 0. The van der Waals surface area contributed by atoms with Gasteiger partial charge in [-0.15, -0.1) is 0 Å². The number of hydrogen-bond acceptors (Lipinski definition) is 8. The summed E-state index contributed by atoms with van der Waals surface area (Å²) in [7, 11) is 3.19. The summed E-state index contributed by atoms with van der Waals surface area (Å²) in [4.78, 5) is 13.1. The van der Waals surface area contributed by atoms with E-state index in [1.807, 2.05) is 41.9 Å². The minimum absolute atomic E-state index is 0.159. The first-order chi connectivity index (χ1) is 16.8. The molecule has 1 N–H and O–H groups in total. The van der Waals surface area contributed by atoms with Crippen LogP contribution < -0.4 is 0 Å². The van der Waals surface area contributed by atoms with Crippen molar-refractivity contribution in [3.05, 3.63) is 24.5 Å². The number of aliphatic hydroxyl groups excluding tert-OH is 1. The summed E-state index contributed by atoms with van der Waals surface area (Å²) in [6.45, 7) is 8.40. The summed E-state index contributed by atoms with van der Waals surface area (Å²) >= 11 is 0. The highest BCUT2D eigenvalue weighted by atomic mass is 16.6. The van der Waals surface area contributed by atoms with Crippen LogP contribution in [0.1, 0.15) is 46.8 Å². The third kappa shape index (κ3) is 6.60. The van der Waals surface area contributed by atoms with Crippen LogP contribution in [0, 0.1) is 11.3 Å². The fourth-order valence-corrected chi connectivity index (χ4v) is 4.38. The van der Waals surface area contributed by atoms with E-state index in [0.29, 0.717) is 6.42 Å². The Morgan fingerprint density at radius 2 is 2.09 bits per heavy atom. The number of aromatic nitrogens is 2. The van der Waals surface area contributed by atoms with Crippen molar-refractivity contribution < 1.29 is 19.2 Å². The Bertz CT molecular complexity index is 1010. The molecule has 2 aromatic heterocycles. The maximum absolute atomic E-state index is 10.1. The highest BCUT2D eigenvalue weighted by molar-refractivity contribution is 6.41. The lowest BCUT2D eigenvalue weighted by Crippen LogP contribution is -2.54.